The Morgan fingerprint density at radius 3 is 2.76 bits per heavy atom. The molecule has 2 aromatic carbocycles. The number of nitrogens with zero attached hydrogens (tertiary/aromatic N) is 1. The zero-order chi connectivity index (χ0) is 15.0. The largest absolute Gasteiger partial charge is 0.398 e. The van der Waals surface area contributed by atoms with E-state index in [-0.39, 0.29) is 5.78 Å². The molecular formula is C16H10ClN3O. The molecule has 4 nitrogen and oxygen atoms in total. The van der Waals surface area contributed by atoms with Crippen LogP contribution in [0.25, 0.3) is 10.9 Å². The fourth-order valence-electron chi connectivity index (χ4n) is 2.22. The zero-order valence-electron chi connectivity index (χ0n) is 10.9. The highest BCUT2D eigenvalue weighted by atomic mass is 35.5. The predicted octanol–water partition coefficient (Wildman–Crippen LogP) is 3.51. The first-order valence-electron chi connectivity index (χ1n) is 6.21. The Morgan fingerprint density at radius 2 is 2.05 bits per heavy atom. The summed E-state index contributed by atoms with van der Waals surface area (Å²) in [6.45, 7) is 0. The van der Waals surface area contributed by atoms with Gasteiger partial charge in [0, 0.05) is 28.2 Å². The smallest absolute Gasteiger partial charge is 0.195 e. The molecule has 0 fully saturated rings. The van der Waals surface area contributed by atoms with Crippen molar-refractivity contribution >= 4 is 34.0 Å². The first kappa shape index (κ1) is 13.2. The van der Waals surface area contributed by atoms with Crippen LogP contribution in [0, 0.1) is 11.3 Å². The van der Waals surface area contributed by atoms with Gasteiger partial charge in [0.2, 0.25) is 0 Å². The minimum atomic E-state index is -0.144. The van der Waals surface area contributed by atoms with Gasteiger partial charge in [0.25, 0.3) is 0 Å². The molecule has 3 rings (SSSR count). The summed E-state index contributed by atoms with van der Waals surface area (Å²) in [4.78, 5) is 15.6. The molecule has 0 aliphatic carbocycles. The number of hydrogen-bond acceptors (Lipinski definition) is 3. The van der Waals surface area contributed by atoms with Crippen LogP contribution in [-0.2, 0) is 0 Å². The van der Waals surface area contributed by atoms with E-state index in [1.807, 2.05) is 0 Å². The van der Waals surface area contributed by atoms with Gasteiger partial charge in [0.1, 0.15) is 0 Å². The van der Waals surface area contributed by atoms with Crippen LogP contribution in [0.5, 0.6) is 0 Å². The number of carbonyl (C=O) groups excluding carboxylic acids is 1. The molecule has 0 aliphatic rings. The second kappa shape index (κ2) is 4.97. The van der Waals surface area contributed by atoms with Crippen molar-refractivity contribution in [3.8, 4) is 6.07 Å². The molecule has 0 aliphatic heterocycles. The molecule has 0 atom stereocenters. The number of H-pyrrole nitrogens is 1. The van der Waals surface area contributed by atoms with Crippen molar-refractivity contribution in [3.05, 3.63) is 64.3 Å². The van der Waals surface area contributed by atoms with E-state index in [1.54, 1.807) is 42.6 Å². The summed E-state index contributed by atoms with van der Waals surface area (Å²) in [5, 5.41) is 10.1. The molecule has 5 heteroatoms. The van der Waals surface area contributed by atoms with E-state index in [1.165, 1.54) is 0 Å². The standard InChI is InChI=1S/C16H10ClN3O/c17-13-4-2-10(6-14(13)19)16(21)12-8-20-15-5-9(7-18)1-3-11(12)15/h1-6,8,20H,19H2. The second-order valence-corrected chi connectivity index (χ2v) is 5.05. The van der Waals surface area contributed by atoms with Crippen molar-refractivity contribution in [3.63, 3.8) is 0 Å². The van der Waals surface area contributed by atoms with Gasteiger partial charge in [-0.2, -0.15) is 5.26 Å². The maximum absolute atomic E-state index is 12.6. The molecule has 102 valence electrons. The van der Waals surface area contributed by atoms with Gasteiger partial charge >= 0.3 is 0 Å². The highest BCUT2D eigenvalue weighted by Gasteiger charge is 2.15. The molecule has 1 aromatic heterocycles. The van der Waals surface area contributed by atoms with Gasteiger partial charge in [-0.1, -0.05) is 17.7 Å². The molecule has 3 aromatic rings. The lowest BCUT2D eigenvalue weighted by Crippen LogP contribution is -2.01. The van der Waals surface area contributed by atoms with Gasteiger partial charge in [0.15, 0.2) is 5.78 Å². The lowest BCUT2D eigenvalue weighted by atomic mass is 10.0. The van der Waals surface area contributed by atoms with Crippen molar-refractivity contribution < 1.29 is 4.79 Å². The van der Waals surface area contributed by atoms with Crippen LogP contribution in [0.3, 0.4) is 0 Å². The van der Waals surface area contributed by atoms with Crippen molar-refractivity contribution in [1.29, 1.82) is 5.26 Å². The van der Waals surface area contributed by atoms with Crippen LogP contribution < -0.4 is 5.73 Å². The molecule has 0 saturated carbocycles. The number of nitrogens with one attached hydrogen (secondary N) is 1. The van der Waals surface area contributed by atoms with Crippen LogP contribution in [0.4, 0.5) is 5.69 Å². The summed E-state index contributed by atoms with van der Waals surface area (Å²) in [7, 11) is 0. The summed E-state index contributed by atoms with van der Waals surface area (Å²) in [6, 6.07) is 12.0. The number of carbonyl (C=O) groups is 1. The van der Waals surface area contributed by atoms with E-state index < -0.39 is 0 Å². The van der Waals surface area contributed by atoms with Crippen LogP contribution >= 0.6 is 11.6 Å². The Morgan fingerprint density at radius 1 is 1.24 bits per heavy atom. The molecule has 0 unspecified atom stereocenters. The highest BCUT2D eigenvalue weighted by Crippen LogP contribution is 2.25. The van der Waals surface area contributed by atoms with Crippen molar-refractivity contribution in [2.45, 2.75) is 0 Å². The molecule has 0 spiro atoms. The molecule has 0 amide bonds. The van der Waals surface area contributed by atoms with Crippen molar-refractivity contribution in [1.82, 2.24) is 4.98 Å². The van der Waals surface area contributed by atoms with E-state index in [2.05, 4.69) is 11.1 Å². The molecule has 3 N–H and O–H groups in total. The molecule has 0 bridgehead atoms. The highest BCUT2D eigenvalue weighted by molar-refractivity contribution is 6.33. The van der Waals surface area contributed by atoms with Crippen LogP contribution in [-0.4, -0.2) is 10.8 Å². The van der Waals surface area contributed by atoms with E-state index in [0.29, 0.717) is 27.4 Å². The van der Waals surface area contributed by atoms with Gasteiger partial charge in [-0.3, -0.25) is 4.79 Å². The first-order chi connectivity index (χ1) is 10.1. The Kier molecular flexibility index (Phi) is 3.13. The van der Waals surface area contributed by atoms with E-state index in [4.69, 9.17) is 22.6 Å². The third-order valence-corrected chi connectivity index (χ3v) is 3.66. The van der Waals surface area contributed by atoms with Gasteiger partial charge in [-0.25, -0.2) is 0 Å². The lowest BCUT2D eigenvalue weighted by molar-refractivity contribution is 0.104. The fourth-order valence-corrected chi connectivity index (χ4v) is 2.34. The summed E-state index contributed by atoms with van der Waals surface area (Å²) >= 11 is 5.87. The Hall–Kier alpha value is -2.77. The van der Waals surface area contributed by atoms with Crippen molar-refractivity contribution in [2.24, 2.45) is 0 Å². The summed E-state index contributed by atoms with van der Waals surface area (Å²) in [6.07, 6.45) is 1.64. The average Bonchev–Trinajstić information content (AvgIpc) is 2.92. The number of fused-ring (bicyclic) bond motifs is 1. The first-order valence-corrected chi connectivity index (χ1v) is 6.59. The maximum atomic E-state index is 12.6. The number of hydrogen-bond donors (Lipinski definition) is 2. The molecule has 0 saturated heterocycles. The van der Waals surface area contributed by atoms with Gasteiger partial charge < -0.3 is 10.7 Å². The molecule has 21 heavy (non-hydrogen) atoms. The third kappa shape index (κ3) is 2.24. The Balaban J connectivity index is 2.09. The van der Waals surface area contributed by atoms with Gasteiger partial charge in [-0.05, 0) is 30.3 Å². The number of rotatable bonds is 2. The molecule has 0 radical (unpaired) electrons. The Bertz CT molecular complexity index is 906. The molecule has 1 heterocycles. The summed E-state index contributed by atoms with van der Waals surface area (Å²) in [5.41, 5.74) is 8.41. The Labute approximate surface area is 125 Å². The number of nitrogens with two attached hydrogens (primary N) is 1. The number of nitriles is 1. The number of ketones is 1. The lowest BCUT2D eigenvalue weighted by Gasteiger charge is -2.03. The number of nitrogen functional groups attached to an aromatic ring is 1. The topological polar surface area (TPSA) is 82.7 Å². The van der Waals surface area contributed by atoms with E-state index in [0.717, 1.165) is 10.9 Å². The number of aromatic nitrogens is 1. The van der Waals surface area contributed by atoms with Crippen LogP contribution in [0.1, 0.15) is 21.5 Å². The average molecular weight is 296 g/mol. The minimum Gasteiger partial charge on any atom is -0.398 e. The van der Waals surface area contributed by atoms with E-state index in [9.17, 15) is 4.79 Å². The fraction of sp³-hybridized carbons (Fsp3) is 0. The zero-order valence-corrected chi connectivity index (χ0v) is 11.6. The summed E-state index contributed by atoms with van der Waals surface area (Å²) in [5.74, 6) is -0.144. The summed E-state index contributed by atoms with van der Waals surface area (Å²) < 4.78 is 0. The number of anilines is 1. The third-order valence-electron chi connectivity index (χ3n) is 3.31. The van der Waals surface area contributed by atoms with E-state index >= 15 is 0 Å². The second-order valence-electron chi connectivity index (χ2n) is 4.64. The number of benzene rings is 2. The molecular weight excluding hydrogens is 286 g/mol. The minimum absolute atomic E-state index is 0.144. The monoisotopic (exact) mass is 295 g/mol. The maximum Gasteiger partial charge on any atom is 0.195 e. The van der Waals surface area contributed by atoms with Crippen LogP contribution in [0.15, 0.2) is 42.6 Å². The van der Waals surface area contributed by atoms with Gasteiger partial charge in [0.05, 0.1) is 22.3 Å². The number of aromatic amines is 1. The normalized spacial score (nSPS) is 10.5. The number of halogens is 1. The van der Waals surface area contributed by atoms with Crippen molar-refractivity contribution in [2.75, 3.05) is 5.73 Å². The van der Waals surface area contributed by atoms with Crippen LogP contribution in [0.2, 0.25) is 5.02 Å². The predicted molar refractivity (Wildman–Crippen MR) is 82.3 cm³/mol. The quantitative estimate of drug-likeness (QED) is 0.560. The SMILES string of the molecule is N#Cc1ccc2c(C(=O)c3ccc(Cl)c(N)c3)c[nH]c2c1. The van der Waals surface area contributed by atoms with Gasteiger partial charge in [-0.15, -0.1) is 0 Å².